The minimum atomic E-state index is -1.21. The van der Waals surface area contributed by atoms with Gasteiger partial charge in [0.25, 0.3) is 0 Å². The lowest BCUT2D eigenvalue weighted by atomic mass is 10.0. The lowest BCUT2D eigenvalue weighted by Gasteiger charge is -2.09. The van der Waals surface area contributed by atoms with Gasteiger partial charge in [-0.1, -0.05) is 13.8 Å². The highest BCUT2D eigenvalue weighted by atomic mass is 16.6. The van der Waals surface area contributed by atoms with Crippen LogP contribution in [0, 0.1) is 16.0 Å². The second-order valence-electron chi connectivity index (χ2n) is 3.18. The molecule has 0 rings (SSSR count). The largest absolute Gasteiger partial charge is 0.461 e. The molecule has 0 amide bonds. The fourth-order valence-electron chi connectivity index (χ4n) is 0.953. The van der Waals surface area contributed by atoms with Crippen LogP contribution in [0.4, 0.5) is 0 Å². The van der Waals surface area contributed by atoms with Crippen LogP contribution in [-0.2, 0) is 9.53 Å². The highest BCUT2D eigenvalue weighted by Crippen LogP contribution is 2.09. The van der Waals surface area contributed by atoms with Crippen LogP contribution in [-0.4, -0.2) is 23.5 Å². The Bertz CT molecular complexity index is 191. The van der Waals surface area contributed by atoms with Crippen molar-refractivity contribution in [3.8, 4) is 0 Å². The summed E-state index contributed by atoms with van der Waals surface area (Å²) in [6.45, 7) is 5.47. The Hall–Kier alpha value is -1.13. The van der Waals surface area contributed by atoms with Crippen LogP contribution in [0.15, 0.2) is 0 Å². The fourth-order valence-corrected chi connectivity index (χ4v) is 0.953. The fraction of sp³-hybridized carbons (Fsp3) is 0.875. The molecule has 5 nitrogen and oxygen atoms in total. The number of hydrogen-bond acceptors (Lipinski definition) is 4. The highest BCUT2D eigenvalue weighted by Gasteiger charge is 2.31. The first kappa shape index (κ1) is 11.9. The molecule has 5 heteroatoms. The van der Waals surface area contributed by atoms with E-state index in [1.165, 1.54) is 0 Å². The van der Waals surface area contributed by atoms with Gasteiger partial charge in [0.15, 0.2) is 0 Å². The van der Waals surface area contributed by atoms with E-state index in [1.807, 2.05) is 13.8 Å². The molecule has 0 aromatic heterocycles. The summed E-state index contributed by atoms with van der Waals surface area (Å²) in [5, 5.41) is 10.5. The number of rotatable bonds is 5. The van der Waals surface area contributed by atoms with E-state index < -0.39 is 16.9 Å². The van der Waals surface area contributed by atoms with Crippen molar-refractivity contribution < 1.29 is 14.5 Å². The molecule has 0 N–H and O–H groups in total. The molecule has 0 radical (unpaired) electrons. The SMILES string of the molecule is CCOC(=O)C(CC(C)C)[N+](=O)[O-]. The summed E-state index contributed by atoms with van der Waals surface area (Å²) in [7, 11) is 0. The maximum atomic E-state index is 11.1. The molecule has 1 unspecified atom stereocenters. The van der Waals surface area contributed by atoms with Crippen molar-refractivity contribution in [3.05, 3.63) is 10.1 Å². The van der Waals surface area contributed by atoms with Crippen molar-refractivity contribution in [1.82, 2.24) is 0 Å². The number of hydrogen-bond donors (Lipinski definition) is 0. The van der Waals surface area contributed by atoms with Gasteiger partial charge in [0, 0.05) is 11.3 Å². The molecule has 0 spiro atoms. The normalized spacial score (nSPS) is 12.6. The molecule has 0 aromatic rings. The minimum absolute atomic E-state index is 0.111. The smallest absolute Gasteiger partial charge is 0.381 e. The van der Waals surface area contributed by atoms with Gasteiger partial charge in [0.05, 0.1) is 6.61 Å². The Morgan fingerprint density at radius 2 is 2.08 bits per heavy atom. The van der Waals surface area contributed by atoms with Crippen LogP contribution in [0.1, 0.15) is 27.2 Å². The van der Waals surface area contributed by atoms with Crippen LogP contribution < -0.4 is 0 Å². The van der Waals surface area contributed by atoms with Crippen molar-refractivity contribution in [2.24, 2.45) is 5.92 Å². The summed E-state index contributed by atoms with van der Waals surface area (Å²) < 4.78 is 4.59. The Balaban J connectivity index is 4.24. The average molecular weight is 189 g/mol. The zero-order valence-electron chi connectivity index (χ0n) is 8.15. The molecule has 0 saturated carbocycles. The number of nitrogens with zero attached hydrogens (tertiary/aromatic N) is 1. The predicted molar refractivity (Wildman–Crippen MR) is 46.9 cm³/mol. The van der Waals surface area contributed by atoms with Crippen LogP contribution in [0.25, 0.3) is 0 Å². The molecule has 0 fully saturated rings. The molecular formula is C8H15NO4. The number of carbonyl (C=O) groups excluding carboxylic acids is 1. The van der Waals surface area contributed by atoms with Gasteiger partial charge in [-0.05, 0) is 12.8 Å². The number of carbonyl (C=O) groups is 1. The van der Waals surface area contributed by atoms with Crippen molar-refractivity contribution in [3.63, 3.8) is 0 Å². The van der Waals surface area contributed by atoms with Crippen LogP contribution in [0.3, 0.4) is 0 Å². The van der Waals surface area contributed by atoms with Crippen LogP contribution in [0.2, 0.25) is 0 Å². The molecule has 0 saturated heterocycles. The Morgan fingerprint density at radius 1 is 1.54 bits per heavy atom. The zero-order valence-corrected chi connectivity index (χ0v) is 8.15. The van der Waals surface area contributed by atoms with E-state index in [9.17, 15) is 14.9 Å². The molecule has 0 aromatic carbocycles. The molecule has 1 atom stereocenters. The molecule has 76 valence electrons. The maximum absolute atomic E-state index is 11.1. The van der Waals surface area contributed by atoms with E-state index in [4.69, 9.17) is 0 Å². The minimum Gasteiger partial charge on any atom is -0.461 e. The second-order valence-corrected chi connectivity index (χ2v) is 3.18. The Morgan fingerprint density at radius 3 is 2.38 bits per heavy atom. The zero-order chi connectivity index (χ0) is 10.4. The third kappa shape index (κ3) is 4.45. The topological polar surface area (TPSA) is 69.4 Å². The van der Waals surface area contributed by atoms with E-state index >= 15 is 0 Å². The molecule has 0 heterocycles. The first-order valence-corrected chi connectivity index (χ1v) is 4.29. The van der Waals surface area contributed by atoms with Gasteiger partial charge in [-0.25, -0.2) is 4.79 Å². The van der Waals surface area contributed by atoms with Gasteiger partial charge in [-0.3, -0.25) is 10.1 Å². The Labute approximate surface area is 77.2 Å². The molecule has 0 aliphatic heterocycles. The van der Waals surface area contributed by atoms with Gasteiger partial charge >= 0.3 is 12.0 Å². The highest BCUT2D eigenvalue weighted by molar-refractivity contribution is 5.74. The first-order valence-electron chi connectivity index (χ1n) is 4.29. The standard InChI is InChI=1S/C8H15NO4/c1-4-13-8(10)7(9(11)12)5-6(2)3/h6-7H,4-5H2,1-3H3. The summed E-state index contributed by atoms with van der Waals surface area (Å²) in [6, 6.07) is -1.21. The third-order valence-corrected chi connectivity index (χ3v) is 1.51. The summed E-state index contributed by atoms with van der Waals surface area (Å²) >= 11 is 0. The van der Waals surface area contributed by atoms with E-state index in [0.29, 0.717) is 0 Å². The quantitative estimate of drug-likeness (QED) is 0.370. The van der Waals surface area contributed by atoms with E-state index in [0.717, 1.165) is 0 Å². The summed E-state index contributed by atoms with van der Waals surface area (Å²) in [5.74, 6) is -0.624. The van der Waals surface area contributed by atoms with Gasteiger partial charge in [0.1, 0.15) is 0 Å². The molecule has 0 aliphatic carbocycles. The lowest BCUT2D eigenvalue weighted by molar-refractivity contribution is -0.512. The van der Waals surface area contributed by atoms with E-state index in [2.05, 4.69) is 4.74 Å². The van der Waals surface area contributed by atoms with Gasteiger partial charge < -0.3 is 4.74 Å². The van der Waals surface area contributed by atoms with Gasteiger partial charge in [-0.2, -0.15) is 0 Å². The van der Waals surface area contributed by atoms with Crippen molar-refractivity contribution in [2.45, 2.75) is 33.2 Å². The van der Waals surface area contributed by atoms with E-state index in [1.54, 1.807) is 6.92 Å². The number of nitro groups is 1. The number of ether oxygens (including phenoxy) is 1. The van der Waals surface area contributed by atoms with Crippen molar-refractivity contribution in [1.29, 1.82) is 0 Å². The Kier molecular flexibility index (Phi) is 5.03. The average Bonchev–Trinajstić information content (AvgIpc) is 1.99. The van der Waals surface area contributed by atoms with Gasteiger partial charge in [-0.15, -0.1) is 0 Å². The first-order chi connectivity index (χ1) is 5.99. The van der Waals surface area contributed by atoms with Gasteiger partial charge in [0.2, 0.25) is 0 Å². The molecule has 0 bridgehead atoms. The maximum Gasteiger partial charge on any atom is 0.381 e. The lowest BCUT2D eigenvalue weighted by Crippen LogP contribution is -2.32. The molecule has 0 aliphatic rings. The summed E-state index contributed by atoms with van der Waals surface area (Å²) in [4.78, 5) is 20.9. The monoisotopic (exact) mass is 189 g/mol. The van der Waals surface area contributed by atoms with Crippen molar-refractivity contribution >= 4 is 5.97 Å². The number of esters is 1. The second kappa shape index (κ2) is 5.50. The van der Waals surface area contributed by atoms with Crippen LogP contribution >= 0.6 is 0 Å². The van der Waals surface area contributed by atoms with Crippen molar-refractivity contribution in [2.75, 3.05) is 6.61 Å². The predicted octanol–water partition coefficient (Wildman–Crippen LogP) is 1.24. The van der Waals surface area contributed by atoms with E-state index in [-0.39, 0.29) is 18.9 Å². The summed E-state index contributed by atoms with van der Waals surface area (Å²) in [5.41, 5.74) is 0. The summed E-state index contributed by atoms with van der Waals surface area (Å²) in [6.07, 6.45) is 0.228. The third-order valence-electron chi connectivity index (χ3n) is 1.51. The van der Waals surface area contributed by atoms with Crippen LogP contribution in [0.5, 0.6) is 0 Å². The molecular weight excluding hydrogens is 174 g/mol. The molecule has 13 heavy (non-hydrogen) atoms.